The van der Waals surface area contributed by atoms with Gasteiger partial charge in [0.15, 0.2) is 17.4 Å². The van der Waals surface area contributed by atoms with Crippen LogP contribution in [-0.2, 0) is 0 Å². The van der Waals surface area contributed by atoms with Gasteiger partial charge in [-0.15, -0.1) is 11.3 Å². The number of carbonyl (C=O) groups excluding carboxylic acids is 1. The van der Waals surface area contributed by atoms with E-state index in [1.807, 2.05) is 13.8 Å². The van der Waals surface area contributed by atoms with Crippen molar-refractivity contribution in [1.29, 1.82) is 0 Å². The summed E-state index contributed by atoms with van der Waals surface area (Å²) in [5.74, 6) is -6.34. The molecule has 0 radical (unpaired) electrons. The van der Waals surface area contributed by atoms with Crippen LogP contribution < -0.4 is 0 Å². The SMILES string of the molecule is CC1CN(C(=O)c2cnc(-c3cc(F)c(F)c(O)c3F)s2)CC(C)C1O. The normalized spacial score (nSPS) is 23.3. The molecular weight excluding hydrogens is 369 g/mol. The van der Waals surface area contributed by atoms with Gasteiger partial charge in [-0.2, -0.15) is 4.39 Å². The van der Waals surface area contributed by atoms with E-state index in [0.29, 0.717) is 19.2 Å². The largest absolute Gasteiger partial charge is 0.503 e. The highest BCUT2D eigenvalue weighted by Gasteiger charge is 2.33. The molecule has 1 amide bonds. The summed E-state index contributed by atoms with van der Waals surface area (Å²) in [6.07, 6.45) is 0.746. The summed E-state index contributed by atoms with van der Waals surface area (Å²) in [4.78, 5) is 18.4. The Kier molecular flexibility index (Phi) is 4.94. The van der Waals surface area contributed by atoms with Crippen molar-refractivity contribution in [3.63, 3.8) is 0 Å². The van der Waals surface area contributed by atoms with Gasteiger partial charge in [0.25, 0.3) is 5.91 Å². The van der Waals surface area contributed by atoms with Crippen molar-refractivity contribution in [2.24, 2.45) is 11.8 Å². The molecule has 1 saturated heterocycles. The number of aromatic hydroxyl groups is 1. The van der Waals surface area contributed by atoms with Crippen LogP contribution in [0.25, 0.3) is 10.6 Å². The molecule has 3 rings (SSSR count). The van der Waals surface area contributed by atoms with Gasteiger partial charge < -0.3 is 15.1 Å². The van der Waals surface area contributed by atoms with E-state index in [0.717, 1.165) is 11.3 Å². The number of hydrogen-bond donors (Lipinski definition) is 2. The maximum atomic E-state index is 14.0. The van der Waals surface area contributed by atoms with Crippen molar-refractivity contribution in [3.8, 4) is 16.3 Å². The van der Waals surface area contributed by atoms with Gasteiger partial charge >= 0.3 is 0 Å². The second kappa shape index (κ2) is 6.88. The van der Waals surface area contributed by atoms with Gasteiger partial charge in [0.1, 0.15) is 9.88 Å². The van der Waals surface area contributed by atoms with Crippen LogP contribution in [0, 0.1) is 29.3 Å². The molecule has 0 bridgehead atoms. The van der Waals surface area contributed by atoms with Crippen molar-refractivity contribution < 1.29 is 28.2 Å². The average Bonchev–Trinajstić information content (AvgIpc) is 3.09. The molecule has 1 fully saturated rings. The molecule has 1 aromatic carbocycles. The fourth-order valence-electron chi connectivity index (χ4n) is 3.11. The second-order valence-electron chi connectivity index (χ2n) is 6.57. The molecule has 0 saturated carbocycles. The number of benzene rings is 1. The lowest BCUT2D eigenvalue weighted by molar-refractivity contribution is -0.00333. The van der Waals surface area contributed by atoms with E-state index in [1.54, 1.807) is 4.90 Å². The van der Waals surface area contributed by atoms with Gasteiger partial charge in [0.2, 0.25) is 5.82 Å². The number of amides is 1. The lowest BCUT2D eigenvalue weighted by Crippen LogP contribution is -2.49. The van der Waals surface area contributed by atoms with E-state index < -0.39 is 34.9 Å². The first-order valence-corrected chi connectivity index (χ1v) is 8.82. The molecule has 0 aliphatic carbocycles. The van der Waals surface area contributed by atoms with E-state index in [1.165, 1.54) is 6.20 Å². The number of rotatable bonds is 2. The Morgan fingerprint density at radius 3 is 2.46 bits per heavy atom. The number of likely N-dealkylation sites (tertiary alicyclic amines) is 1. The van der Waals surface area contributed by atoms with Crippen LogP contribution in [0.5, 0.6) is 5.75 Å². The Morgan fingerprint density at radius 2 is 1.85 bits per heavy atom. The molecule has 5 nitrogen and oxygen atoms in total. The zero-order valence-electron chi connectivity index (χ0n) is 14.0. The first-order chi connectivity index (χ1) is 12.2. The van der Waals surface area contributed by atoms with Crippen molar-refractivity contribution in [2.45, 2.75) is 20.0 Å². The molecule has 1 aliphatic rings. The van der Waals surface area contributed by atoms with Crippen LogP contribution in [0.15, 0.2) is 12.3 Å². The van der Waals surface area contributed by atoms with E-state index in [4.69, 9.17) is 0 Å². The topological polar surface area (TPSA) is 73.7 Å². The first-order valence-electron chi connectivity index (χ1n) is 8.00. The molecule has 9 heteroatoms. The Balaban J connectivity index is 1.88. The molecule has 2 atom stereocenters. The number of aliphatic hydroxyl groups is 1. The standard InChI is InChI=1S/C17H17F3N2O3S/c1-7-5-22(6-8(2)14(7)23)17(25)11-4-21-16(26-11)9-3-10(18)13(20)15(24)12(9)19/h3-4,7-8,14,23-24H,5-6H2,1-2H3. The van der Waals surface area contributed by atoms with Gasteiger partial charge in [-0.3, -0.25) is 4.79 Å². The minimum atomic E-state index is -1.67. The summed E-state index contributed by atoms with van der Waals surface area (Å²) in [6, 6.07) is 0.596. The predicted octanol–water partition coefficient (Wildman–Crippen LogP) is 3.02. The van der Waals surface area contributed by atoms with Crippen molar-refractivity contribution >= 4 is 17.2 Å². The lowest BCUT2D eigenvalue weighted by atomic mass is 9.88. The number of hydrogen-bond acceptors (Lipinski definition) is 5. The molecule has 2 N–H and O–H groups in total. The predicted molar refractivity (Wildman–Crippen MR) is 89.3 cm³/mol. The summed E-state index contributed by atoms with van der Waals surface area (Å²) in [7, 11) is 0. The summed E-state index contributed by atoms with van der Waals surface area (Å²) < 4.78 is 40.7. The Hall–Kier alpha value is -2.13. The number of halogens is 3. The number of piperidine rings is 1. The highest BCUT2D eigenvalue weighted by molar-refractivity contribution is 7.16. The fraction of sp³-hybridized carbons (Fsp3) is 0.412. The zero-order valence-corrected chi connectivity index (χ0v) is 14.9. The van der Waals surface area contributed by atoms with Crippen molar-refractivity contribution in [2.75, 3.05) is 13.1 Å². The quantitative estimate of drug-likeness (QED) is 0.779. The van der Waals surface area contributed by atoms with Gasteiger partial charge in [0.05, 0.1) is 17.9 Å². The van der Waals surface area contributed by atoms with E-state index in [-0.39, 0.29) is 27.6 Å². The van der Waals surface area contributed by atoms with Crippen LogP contribution in [0.2, 0.25) is 0 Å². The maximum absolute atomic E-state index is 14.0. The van der Waals surface area contributed by atoms with Crippen molar-refractivity contribution in [3.05, 3.63) is 34.6 Å². The Morgan fingerprint density at radius 1 is 1.23 bits per heavy atom. The van der Waals surface area contributed by atoms with Crippen LogP contribution in [0.4, 0.5) is 13.2 Å². The Bertz CT molecular complexity index is 846. The summed E-state index contributed by atoms with van der Waals surface area (Å²) in [6.45, 7) is 4.44. The van der Waals surface area contributed by atoms with E-state index >= 15 is 0 Å². The molecule has 1 aromatic heterocycles. The molecule has 0 spiro atoms. The smallest absolute Gasteiger partial charge is 0.265 e. The summed E-state index contributed by atoms with van der Waals surface area (Å²) >= 11 is 0.823. The third-order valence-electron chi connectivity index (χ3n) is 4.55. The van der Waals surface area contributed by atoms with E-state index in [2.05, 4.69) is 4.98 Å². The van der Waals surface area contributed by atoms with Gasteiger partial charge in [-0.05, 0) is 17.9 Å². The van der Waals surface area contributed by atoms with Crippen LogP contribution in [0.3, 0.4) is 0 Å². The zero-order chi connectivity index (χ0) is 19.2. The number of carbonyl (C=O) groups is 1. The van der Waals surface area contributed by atoms with Gasteiger partial charge in [-0.1, -0.05) is 13.8 Å². The third-order valence-corrected chi connectivity index (χ3v) is 5.57. The number of aliphatic hydroxyl groups excluding tert-OH is 1. The fourth-order valence-corrected chi connectivity index (χ4v) is 4.01. The number of nitrogens with zero attached hydrogens (tertiary/aromatic N) is 2. The highest BCUT2D eigenvalue weighted by Crippen LogP contribution is 2.35. The number of thiazole rings is 1. The number of phenols is 1. The van der Waals surface area contributed by atoms with Crippen molar-refractivity contribution in [1.82, 2.24) is 9.88 Å². The lowest BCUT2D eigenvalue weighted by Gasteiger charge is -2.38. The number of phenolic OH excluding ortho intramolecular Hbond substituents is 1. The molecule has 1 aliphatic heterocycles. The Labute approximate surface area is 151 Å². The molecular formula is C17H17F3N2O3S. The molecule has 2 aromatic rings. The van der Waals surface area contributed by atoms with Crippen LogP contribution >= 0.6 is 11.3 Å². The second-order valence-corrected chi connectivity index (χ2v) is 7.60. The first kappa shape index (κ1) is 18.7. The average molecular weight is 386 g/mol. The van der Waals surface area contributed by atoms with Gasteiger partial charge in [0, 0.05) is 13.1 Å². The van der Waals surface area contributed by atoms with Crippen LogP contribution in [-0.4, -0.2) is 45.2 Å². The maximum Gasteiger partial charge on any atom is 0.265 e. The molecule has 2 heterocycles. The summed E-state index contributed by atoms with van der Waals surface area (Å²) in [5.41, 5.74) is -0.416. The molecule has 2 unspecified atom stereocenters. The third kappa shape index (κ3) is 3.16. The highest BCUT2D eigenvalue weighted by atomic mass is 32.1. The van der Waals surface area contributed by atoms with Crippen LogP contribution in [0.1, 0.15) is 23.5 Å². The monoisotopic (exact) mass is 386 g/mol. The number of aromatic nitrogens is 1. The molecule has 140 valence electrons. The minimum Gasteiger partial charge on any atom is -0.503 e. The minimum absolute atomic E-state index is 0.0433. The summed E-state index contributed by atoms with van der Waals surface area (Å²) in [5, 5.41) is 19.3. The van der Waals surface area contributed by atoms with Gasteiger partial charge in [-0.25, -0.2) is 13.8 Å². The van der Waals surface area contributed by atoms with E-state index in [9.17, 15) is 28.2 Å². The molecule has 26 heavy (non-hydrogen) atoms.